The summed E-state index contributed by atoms with van der Waals surface area (Å²) in [4.78, 5) is 30.0. The van der Waals surface area contributed by atoms with Crippen LogP contribution in [0.4, 0.5) is 4.79 Å². The first kappa shape index (κ1) is 25.4. The van der Waals surface area contributed by atoms with Crippen molar-refractivity contribution in [2.45, 2.75) is 13.3 Å². The molecular formula is C12H25N4O6PS3. The highest BCUT2D eigenvalue weighted by Crippen LogP contribution is 2.52. The number of oxime groups is 1. The van der Waals surface area contributed by atoms with Gasteiger partial charge in [0.2, 0.25) is 16.2 Å². The van der Waals surface area contributed by atoms with Crippen LogP contribution < -0.4 is 0 Å². The Kier molecular flexibility index (Phi) is 11.7. The molecule has 0 aliphatic heterocycles. The summed E-state index contributed by atoms with van der Waals surface area (Å²) >= 11 is 4.30. The van der Waals surface area contributed by atoms with E-state index < -0.39 is 29.8 Å². The van der Waals surface area contributed by atoms with E-state index in [0.717, 1.165) is 16.1 Å². The van der Waals surface area contributed by atoms with E-state index in [4.69, 9.17) is 25.7 Å². The molecule has 1 unspecified atom stereocenters. The lowest BCUT2D eigenvalue weighted by Gasteiger charge is -2.31. The maximum absolute atomic E-state index is 12.7. The van der Waals surface area contributed by atoms with Crippen LogP contribution in [0.1, 0.15) is 13.3 Å². The molecule has 0 aliphatic carbocycles. The van der Waals surface area contributed by atoms with Gasteiger partial charge < -0.3 is 13.9 Å². The highest BCUT2D eigenvalue weighted by molar-refractivity contribution is 8.15. The molecule has 0 radical (unpaired) electrons. The highest BCUT2D eigenvalue weighted by atomic mass is 32.5. The van der Waals surface area contributed by atoms with E-state index in [2.05, 4.69) is 5.16 Å². The Morgan fingerprint density at radius 2 is 1.77 bits per heavy atom. The second-order valence-electron chi connectivity index (χ2n) is 4.80. The summed E-state index contributed by atoms with van der Waals surface area (Å²) in [5, 5.41) is 3.52. The van der Waals surface area contributed by atoms with Crippen molar-refractivity contribution in [2.24, 2.45) is 5.16 Å². The van der Waals surface area contributed by atoms with Gasteiger partial charge in [0, 0.05) is 41.9 Å². The van der Waals surface area contributed by atoms with Crippen LogP contribution in [0.25, 0.3) is 0 Å². The van der Waals surface area contributed by atoms with E-state index in [9.17, 15) is 13.8 Å². The van der Waals surface area contributed by atoms with Crippen LogP contribution in [-0.2, 0) is 41.7 Å². The van der Waals surface area contributed by atoms with Gasteiger partial charge in [-0.3, -0.25) is 9.63 Å². The Bertz CT molecular complexity index is 596. The summed E-state index contributed by atoms with van der Waals surface area (Å²) in [6.45, 7) is -0.878. The second-order valence-corrected chi connectivity index (χ2v) is 10.8. The predicted octanol–water partition coefficient (Wildman–Crippen LogP) is 1.63. The Hall–Kier alpha value is -0.560. The molecule has 1 atom stereocenters. The Labute approximate surface area is 166 Å². The Balaban J connectivity index is 5.33. The summed E-state index contributed by atoms with van der Waals surface area (Å²) in [5.74, 6) is -0.420. The highest BCUT2D eigenvalue weighted by Gasteiger charge is 2.35. The third-order valence-corrected chi connectivity index (χ3v) is 9.14. The molecule has 0 saturated carbocycles. The van der Waals surface area contributed by atoms with Crippen molar-refractivity contribution in [3.63, 3.8) is 0 Å². The third-order valence-electron chi connectivity index (χ3n) is 2.81. The summed E-state index contributed by atoms with van der Waals surface area (Å²) in [5.41, 5.74) is 0. The van der Waals surface area contributed by atoms with E-state index in [1.165, 1.54) is 30.2 Å². The van der Waals surface area contributed by atoms with Crippen LogP contribution in [0.15, 0.2) is 5.16 Å². The number of rotatable bonds is 8. The number of amides is 2. The fourth-order valence-corrected chi connectivity index (χ4v) is 5.81. The molecule has 2 amide bonds. The Morgan fingerprint density at radius 1 is 1.23 bits per heavy atom. The fourth-order valence-electron chi connectivity index (χ4n) is 1.43. The van der Waals surface area contributed by atoms with Crippen molar-refractivity contribution in [1.82, 2.24) is 13.3 Å². The van der Waals surface area contributed by atoms with Gasteiger partial charge in [-0.15, -0.1) is 15.8 Å². The van der Waals surface area contributed by atoms with Gasteiger partial charge in [-0.2, -0.15) is 0 Å². The zero-order chi connectivity index (χ0) is 20.5. The van der Waals surface area contributed by atoms with Crippen LogP contribution in [0, 0.1) is 0 Å². The van der Waals surface area contributed by atoms with Gasteiger partial charge >= 0.3 is 6.09 Å². The maximum Gasteiger partial charge on any atom is 0.448 e. The fraction of sp³-hybridized carbons (Fsp3) is 0.750. The van der Waals surface area contributed by atoms with Crippen molar-refractivity contribution in [1.29, 1.82) is 0 Å². The number of nitrogens with zero attached hydrogens (tertiary/aromatic N) is 4. The predicted molar refractivity (Wildman–Crippen MR) is 107 cm³/mol. The van der Waals surface area contributed by atoms with Crippen LogP contribution in [0.2, 0.25) is 0 Å². The van der Waals surface area contributed by atoms with Crippen LogP contribution in [0.3, 0.4) is 0 Å². The molecule has 0 heterocycles. The first-order valence-electron chi connectivity index (χ1n) is 7.29. The first-order chi connectivity index (χ1) is 12.1. The second kappa shape index (κ2) is 12.0. The molecular weight excluding hydrogens is 423 g/mol. The number of carbonyl (C=O) groups excluding carboxylic acids is 2. The average molecular weight is 449 g/mol. The molecule has 26 heavy (non-hydrogen) atoms. The quantitative estimate of drug-likeness (QED) is 0.182. The number of thioether (sulfide) groups is 1. The molecule has 0 fully saturated rings. The van der Waals surface area contributed by atoms with Crippen molar-refractivity contribution >= 4 is 58.4 Å². The van der Waals surface area contributed by atoms with Crippen molar-refractivity contribution < 1.29 is 27.7 Å². The average Bonchev–Trinajstić information content (AvgIpc) is 2.64. The standard InChI is InChI=1S/C12H25N4O6PS3/c1-8-9-16(23(24,20-5)21-6)26(19)15(4)12(18)22-13-10(25-7)11(17)14(2)3/h8-9H2,1-7H3. The topological polar surface area (TPSA) is 101 Å². The maximum atomic E-state index is 12.7. The van der Waals surface area contributed by atoms with E-state index >= 15 is 0 Å². The molecule has 152 valence electrons. The minimum Gasteiger partial charge on any atom is -0.343 e. The van der Waals surface area contributed by atoms with Crippen molar-refractivity contribution in [3.05, 3.63) is 0 Å². The lowest BCUT2D eigenvalue weighted by atomic mass is 10.5. The molecule has 0 aliphatic rings. The number of carbonyl (C=O) groups is 2. The molecule has 0 aromatic heterocycles. The summed E-state index contributed by atoms with van der Waals surface area (Å²) < 4.78 is 25.2. The molecule has 0 aromatic rings. The van der Waals surface area contributed by atoms with E-state index in [1.54, 1.807) is 20.4 Å². The van der Waals surface area contributed by atoms with Crippen molar-refractivity contribution in [3.8, 4) is 0 Å². The SMILES string of the molecule is CCCN(S(=O)N(C)C(=O)ON=C(SC)C(=O)N(C)C)P(=S)(OC)OC. The molecule has 10 nitrogen and oxygen atoms in total. The van der Waals surface area contributed by atoms with Crippen LogP contribution in [0.5, 0.6) is 0 Å². The lowest BCUT2D eigenvalue weighted by molar-refractivity contribution is -0.121. The molecule has 0 bridgehead atoms. The smallest absolute Gasteiger partial charge is 0.343 e. The van der Waals surface area contributed by atoms with E-state index in [0.29, 0.717) is 6.42 Å². The Morgan fingerprint density at radius 3 is 2.15 bits per heavy atom. The molecule has 0 rings (SSSR count). The lowest BCUT2D eigenvalue weighted by Crippen LogP contribution is -2.39. The molecule has 0 N–H and O–H groups in total. The summed E-state index contributed by atoms with van der Waals surface area (Å²) in [6.07, 6.45) is 1.20. The number of hydrogen-bond donors (Lipinski definition) is 0. The van der Waals surface area contributed by atoms with Gasteiger partial charge in [0.1, 0.15) is 0 Å². The first-order valence-corrected chi connectivity index (χ1v) is 12.2. The summed E-state index contributed by atoms with van der Waals surface area (Å²) in [7, 11) is 7.05. The van der Waals surface area contributed by atoms with Gasteiger partial charge in [-0.25, -0.2) is 13.3 Å². The minimum atomic E-state index is -3.01. The van der Waals surface area contributed by atoms with E-state index in [1.807, 2.05) is 6.92 Å². The van der Waals surface area contributed by atoms with Gasteiger partial charge in [0.05, 0.1) is 0 Å². The zero-order valence-electron chi connectivity index (χ0n) is 15.8. The minimum absolute atomic E-state index is 0.0214. The van der Waals surface area contributed by atoms with Crippen LogP contribution in [-0.4, -0.2) is 82.7 Å². The van der Waals surface area contributed by atoms with Crippen molar-refractivity contribution in [2.75, 3.05) is 48.2 Å². The van der Waals surface area contributed by atoms with Gasteiger partial charge in [0.25, 0.3) is 12.5 Å². The molecule has 14 heteroatoms. The monoisotopic (exact) mass is 448 g/mol. The van der Waals surface area contributed by atoms with E-state index in [-0.39, 0.29) is 11.6 Å². The zero-order valence-corrected chi connectivity index (χ0v) is 19.2. The third kappa shape index (κ3) is 6.87. The largest absolute Gasteiger partial charge is 0.448 e. The summed E-state index contributed by atoms with van der Waals surface area (Å²) in [6, 6.07) is 0. The number of hydrogen-bond acceptors (Lipinski definition) is 9. The van der Waals surface area contributed by atoms with Gasteiger partial charge in [-0.05, 0) is 24.5 Å². The van der Waals surface area contributed by atoms with Gasteiger partial charge in [0.15, 0.2) is 0 Å². The molecule has 0 spiro atoms. The van der Waals surface area contributed by atoms with Crippen LogP contribution >= 0.6 is 18.4 Å². The molecule has 0 saturated heterocycles. The van der Waals surface area contributed by atoms with Gasteiger partial charge in [-0.1, -0.05) is 12.1 Å². The molecule has 0 aromatic carbocycles. The normalized spacial score (nSPS) is 13.5.